The van der Waals surface area contributed by atoms with Crippen molar-refractivity contribution in [1.29, 1.82) is 0 Å². The predicted molar refractivity (Wildman–Crippen MR) is 96.8 cm³/mol. The zero-order valence-corrected chi connectivity index (χ0v) is 17.1. The van der Waals surface area contributed by atoms with Gasteiger partial charge in [-0.15, -0.1) is 0 Å². The first-order valence-corrected chi connectivity index (χ1v) is 9.65. The van der Waals surface area contributed by atoms with Gasteiger partial charge in [0.25, 0.3) is 0 Å². The van der Waals surface area contributed by atoms with Crippen LogP contribution in [0.15, 0.2) is 17.7 Å². The number of ether oxygens (including phenoxy) is 2. The largest absolute Gasteiger partial charge is 0.534 e. The lowest BCUT2D eigenvalue weighted by molar-refractivity contribution is -0.140. The summed E-state index contributed by atoms with van der Waals surface area (Å²) in [7, 11) is -3.09. The second-order valence-electron chi connectivity index (χ2n) is 6.13. The summed E-state index contributed by atoms with van der Waals surface area (Å²) in [5.74, 6) is -0.345. The first-order valence-electron chi connectivity index (χ1n) is 8.24. The van der Waals surface area contributed by atoms with Crippen molar-refractivity contribution in [3.05, 3.63) is 34.4 Å². The third-order valence-electron chi connectivity index (χ3n) is 4.18. The molecule has 0 N–H and O–H groups in total. The molecule has 158 valence electrons. The molecule has 0 bridgehead atoms. The quantitative estimate of drug-likeness (QED) is 0.272. The molecule has 0 aliphatic heterocycles. The Labute approximate surface area is 162 Å². The molecule has 1 aromatic carbocycles. The van der Waals surface area contributed by atoms with Crippen molar-refractivity contribution in [2.24, 2.45) is 0 Å². The van der Waals surface area contributed by atoms with E-state index < -0.39 is 21.4 Å². The Morgan fingerprint density at radius 1 is 1.14 bits per heavy atom. The minimum Gasteiger partial charge on any atom is -0.496 e. The Hall–Kier alpha value is -2.23. The normalized spacial score (nSPS) is 12.6. The highest BCUT2D eigenvalue weighted by Crippen LogP contribution is 2.36. The summed E-state index contributed by atoms with van der Waals surface area (Å²) in [5, 5.41) is 0. The van der Waals surface area contributed by atoms with Crippen LogP contribution in [0.25, 0.3) is 0 Å². The van der Waals surface area contributed by atoms with Crippen molar-refractivity contribution >= 4 is 16.1 Å². The van der Waals surface area contributed by atoms with Crippen molar-refractivity contribution < 1.29 is 40.0 Å². The van der Waals surface area contributed by atoms with E-state index in [0.717, 1.165) is 5.57 Å². The fourth-order valence-electron chi connectivity index (χ4n) is 2.40. The van der Waals surface area contributed by atoms with Crippen molar-refractivity contribution in [2.45, 2.75) is 45.5 Å². The summed E-state index contributed by atoms with van der Waals surface area (Å²) >= 11 is 0. The first kappa shape index (κ1) is 23.8. The molecule has 0 aliphatic carbocycles. The van der Waals surface area contributed by atoms with Gasteiger partial charge in [0, 0.05) is 12.0 Å². The summed E-state index contributed by atoms with van der Waals surface area (Å²) < 4.78 is 74.9. The zero-order chi connectivity index (χ0) is 21.7. The average Bonchev–Trinajstić information content (AvgIpc) is 2.60. The number of hydrogen-bond acceptors (Lipinski definition) is 6. The summed E-state index contributed by atoms with van der Waals surface area (Å²) in [6, 6.07) is 1.22. The highest BCUT2D eigenvalue weighted by atomic mass is 32.2. The Morgan fingerprint density at radius 3 is 2.25 bits per heavy atom. The molecule has 0 fully saturated rings. The van der Waals surface area contributed by atoms with Gasteiger partial charge in [-0.1, -0.05) is 11.6 Å². The molecule has 0 amide bonds. The van der Waals surface area contributed by atoms with Gasteiger partial charge in [0.2, 0.25) is 0 Å². The van der Waals surface area contributed by atoms with E-state index in [2.05, 4.69) is 8.92 Å². The molecule has 0 aromatic heterocycles. The molecule has 1 rings (SSSR count). The van der Waals surface area contributed by atoms with Crippen LogP contribution in [0.4, 0.5) is 13.2 Å². The Kier molecular flexibility index (Phi) is 7.92. The maximum Gasteiger partial charge on any atom is 0.534 e. The third kappa shape index (κ3) is 5.88. The Balaban J connectivity index is 3.22. The third-order valence-corrected chi connectivity index (χ3v) is 5.14. The maximum atomic E-state index is 12.6. The standard InChI is InChI=1S/C18H23F3O6S/c1-11(7-9-16(22)25-4)6-8-14-10-15(12(2)13(3)17(14)26-5)27-28(23,24)18(19,20)21/h6,10H,7-9H2,1-5H3/b11-6+. The average molecular weight is 424 g/mol. The van der Waals surface area contributed by atoms with Crippen LogP contribution >= 0.6 is 0 Å². The second-order valence-corrected chi connectivity index (χ2v) is 7.67. The highest BCUT2D eigenvalue weighted by Gasteiger charge is 2.48. The molecule has 28 heavy (non-hydrogen) atoms. The molecule has 0 saturated heterocycles. The van der Waals surface area contributed by atoms with Crippen LogP contribution in [-0.4, -0.2) is 34.1 Å². The number of methoxy groups -OCH3 is 2. The number of alkyl halides is 3. The molecule has 6 nitrogen and oxygen atoms in total. The van der Waals surface area contributed by atoms with E-state index >= 15 is 0 Å². The minimum atomic E-state index is -5.79. The van der Waals surface area contributed by atoms with Gasteiger partial charge in [-0.2, -0.15) is 21.6 Å². The number of hydrogen-bond donors (Lipinski definition) is 0. The molecular formula is C18H23F3O6S. The van der Waals surface area contributed by atoms with E-state index in [0.29, 0.717) is 23.3 Å². The second kappa shape index (κ2) is 9.31. The van der Waals surface area contributed by atoms with Crippen molar-refractivity contribution in [2.75, 3.05) is 14.2 Å². The molecular weight excluding hydrogens is 401 g/mol. The zero-order valence-electron chi connectivity index (χ0n) is 16.3. The topological polar surface area (TPSA) is 78.9 Å². The van der Waals surface area contributed by atoms with E-state index in [1.54, 1.807) is 19.9 Å². The SMILES string of the molecule is COC(=O)CC/C(C)=C/Cc1cc(OS(=O)(=O)C(F)(F)F)c(C)c(C)c1OC. The van der Waals surface area contributed by atoms with Gasteiger partial charge < -0.3 is 13.7 Å². The van der Waals surface area contributed by atoms with E-state index in [4.69, 9.17) is 4.74 Å². The van der Waals surface area contributed by atoms with Crippen LogP contribution in [0, 0.1) is 13.8 Å². The van der Waals surface area contributed by atoms with Gasteiger partial charge in [-0.25, -0.2) is 0 Å². The van der Waals surface area contributed by atoms with Crippen LogP contribution < -0.4 is 8.92 Å². The van der Waals surface area contributed by atoms with E-state index in [1.807, 2.05) is 0 Å². The molecule has 0 radical (unpaired) electrons. The summed E-state index contributed by atoms with van der Waals surface area (Å²) in [6.07, 6.45) is 2.67. The van der Waals surface area contributed by atoms with Crippen LogP contribution in [0.5, 0.6) is 11.5 Å². The molecule has 10 heteroatoms. The summed E-state index contributed by atoms with van der Waals surface area (Å²) in [4.78, 5) is 11.2. The maximum absolute atomic E-state index is 12.6. The number of benzene rings is 1. The van der Waals surface area contributed by atoms with Crippen molar-refractivity contribution in [1.82, 2.24) is 0 Å². The molecule has 0 spiro atoms. The molecule has 1 aromatic rings. The number of carbonyl (C=O) groups excluding carboxylic acids is 1. The number of esters is 1. The Bertz CT molecular complexity index is 857. The van der Waals surface area contributed by atoms with Crippen molar-refractivity contribution in [3.63, 3.8) is 0 Å². The van der Waals surface area contributed by atoms with Gasteiger partial charge in [-0.05, 0) is 50.8 Å². The Morgan fingerprint density at radius 2 is 1.75 bits per heavy atom. The minimum absolute atomic E-state index is 0.196. The van der Waals surface area contributed by atoms with Crippen molar-refractivity contribution in [3.8, 4) is 11.5 Å². The van der Waals surface area contributed by atoms with Gasteiger partial charge in [0.05, 0.1) is 14.2 Å². The summed E-state index contributed by atoms with van der Waals surface area (Å²) in [5.41, 5.74) is -3.53. The molecule has 0 heterocycles. The molecule has 0 saturated carbocycles. The van der Waals surface area contributed by atoms with Crippen LogP contribution in [0.1, 0.15) is 36.5 Å². The smallest absolute Gasteiger partial charge is 0.496 e. The molecule has 0 unspecified atom stereocenters. The lowest BCUT2D eigenvalue weighted by Crippen LogP contribution is -2.28. The van der Waals surface area contributed by atoms with E-state index in [1.165, 1.54) is 27.2 Å². The highest BCUT2D eigenvalue weighted by molar-refractivity contribution is 7.88. The van der Waals surface area contributed by atoms with Gasteiger partial charge in [0.15, 0.2) is 0 Å². The fraction of sp³-hybridized carbons (Fsp3) is 0.500. The number of halogens is 3. The van der Waals surface area contributed by atoms with Crippen LogP contribution in [0.3, 0.4) is 0 Å². The number of carbonyl (C=O) groups is 1. The molecule has 0 atom stereocenters. The number of allylic oxidation sites excluding steroid dienone is 2. The van der Waals surface area contributed by atoms with E-state index in [9.17, 15) is 26.4 Å². The van der Waals surface area contributed by atoms with Crippen LogP contribution in [-0.2, 0) is 26.1 Å². The fourth-order valence-corrected chi connectivity index (χ4v) is 2.91. The predicted octanol–water partition coefficient (Wildman–Crippen LogP) is 3.98. The van der Waals surface area contributed by atoms with Gasteiger partial charge in [-0.3, -0.25) is 4.79 Å². The lowest BCUT2D eigenvalue weighted by atomic mass is 9.99. The first-order chi connectivity index (χ1) is 12.8. The van der Waals surface area contributed by atoms with Gasteiger partial charge >= 0.3 is 21.6 Å². The van der Waals surface area contributed by atoms with Gasteiger partial charge in [0.1, 0.15) is 11.5 Å². The lowest BCUT2D eigenvalue weighted by Gasteiger charge is -2.18. The van der Waals surface area contributed by atoms with E-state index in [-0.39, 0.29) is 24.4 Å². The summed E-state index contributed by atoms with van der Waals surface area (Å²) in [6.45, 7) is 4.83. The van der Waals surface area contributed by atoms with Crippen LogP contribution in [0.2, 0.25) is 0 Å². The molecule has 0 aliphatic rings. The monoisotopic (exact) mass is 424 g/mol. The number of rotatable bonds is 8.